The zero-order valence-corrected chi connectivity index (χ0v) is 10.5. The van der Waals surface area contributed by atoms with Crippen molar-refractivity contribution in [3.8, 4) is 0 Å². The van der Waals surface area contributed by atoms with Crippen LogP contribution < -0.4 is 5.32 Å². The number of rotatable bonds is 5. The molecule has 0 aromatic carbocycles. The Morgan fingerprint density at radius 3 is 3.17 bits per heavy atom. The lowest BCUT2D eigenvalue weighted by Crippen LogP contribution is -2.16. The molecule has 1 aliphatic rings. The van der Waals surface area contributed by atoms with Gasteiger partial charge in [-0.3, -0.25) is 0 Å². The predicted molar refractivity (Wildman–Crippen MR) is 67.7 cm³/mol. The van der Waals surface area contributed by atoms with Crippen LogP contribution in [0.4, 0.5) is 5.82 Å². The summed E-state index contributed by atoms with van der Waals surface area (Å²) in [5.74, 6) is 0.0974. The Bertz CT molecular complexity index is 424. The second-order valence-corrected chi connectivity index (χ2v) is 4.72. The number of aromatic nitrogens is 2. The molecule has 1 unspecified atom stereocenters. The Kier molecular flexibility index (Phi) is 4.09. The number of aromatic carboxylic acids is 1. The van der Waals surface area contributed by atoms with E-state index in [9.17, 15) is 4.79 Å². The van der Waals surface area contributed by atoms with Gasteiger partial charge < -0.3 is 15.3 Å². The molecule has 2 rings (SSSR count). The van der Waals surface area contributed by atoms with Gasteiger partial charge in [0.05, 0.1) is 0 Å². The van der Waals surface area contributed by atoms with Crippen LogP contribution >= 0.6 is 0 Å². The first-order chi connectivity index (χ1) is 8.66. The highest BCUT2D eigenvalue weighted by Gasteiger charge is 2.19. The molecule has 0 saturated carbocycles. The number of likely N-dealkylation sites (tertiary alicyclic amines) is 1. The molecule has 0 aliphatic carbocycles. The van der Waals surface area contributed by atoms with Crippen LogP contribution in [0.15, 0.2) is 12.5 Å². The highest BCUT2D eigenvalue weighted by Crippen LogP contribution is 2.18. The van der Waals surface area contributed by atoms with Crippen molar-refractivity contribution in [2.75, 3.05) is 32.0 Å². The summed E-state index contributed by atoms with van der Waals surface area (Å²) >= 11 is 0. The lowest BCUT2D eigenvalue weighted by Gasteiger charge is -2.12. The van der Waals surface area contributed by atoms with Crippen LogP contribution in [0, 0.1) is 5.92 Å². The van der Waals surface area contributed by atoms with Gasteiger partial charge >= 0.3 is 5.97 Å². The Morgan fingerprint density at radius 1 is 1.67 bits per heavy atom. The van der Waals surface area contributed by atoms with Gasteiger partial charge in [-0.05, 0) is 32.4 Å². The van der Waals surface area contributed by atoms with Crippen molar-refractivity contribution in [3.63, 3.8) is 0 Å². The summed E-state index contributed by atoms with van der Waals surface area (Å²) in [5.41, 5.74) is 0.126. The number of hydrogen-bond acceptors (Lipinski definition) is 5. The summed E-state index contributed by atoms with van der Waals surface area (Å²) in [6.07, 6.45) is 4.93. The monoisotopic (exact) mass is 250 g/mol. The van der Waals surface area contributed by atoms with E-state index in [0.717, 1.165) is 26.1 Å². The van der Waals surface area contributed by atoms with Crippen LogP contribution in [0.5, 0.6) is 0 Å². The average molecular weight is 250 g/mol. The van der Waals surface area contributed by atoms with Gasteiger partial charge in [0, 0.05) is 19.3 Å². The minimum absolute atomic E-state index is 0.126. The van der Waals surface area contributed by atoms with Crippen LogP contribution in [0.2, 0.25) is 0 Å². The van der Waals surface area contributed by atoms with E-state index in [-0.39, 0.29) is 5.56 Å². The number of nitrogens with one attached hydrogen (secondary N) is 1. The standard InChI is InChI=1S/C12H18N4O2/c1-16-5-3-9(7-16)2-4-14-11-10(12(17)18)6-13-8-15-11/h6,8-9H,2-5,7H2,1H3,(H,17,18)(H,13,14,15). The highest BCUT2D eigenvalue weighted by molar-refractivity contribution is 5.92. The quantitative estimate of drug-likeness (QED) is 0.809. The Balaban J connectivity index is 1.85. The zero-order valence-electron chi connectivity index (χ0n) is 10.5. The summed E-state index contributed by atoms with van der Waals surface area (Å²) < 4.78 is 0. The van der Waals surface area contributed by atoms with Crippen molar-refractivity contribution in [2.24, 2.45) is 5.92 Å². The van der Waals surface area contributed by atoms with Gasteiger partial charge in [-0.25, -0.2) is 14.8 Å². The zero-order chi connectivity index (χ0) is 13.0. The molecule has 2 N–H and O–H groups in total. The maximum absolute atomic E-state index is 11.0. The van der Waals surface area contributed by atoms with Crippen LogP contribution in [0.1, 0.15) is 23.2 Å². The van der Waals surface area contributed by atoms with E-state index in [1.54, 1.807) is 0 Å². The third kappa shape index (κ3) is 3.16. The van der Waals surface area contributed by atoms with E-state index in [1.807, 2.05) is 0 Å². The fourth-order valence-corrected chi connectivity index (χ4v) is 2.28. The molecule has 1 aromatic heterocycles. The third-order valence-electron chi connectivity index (χ3n) is 3.28. The summed E-state index contributed by atoms with van der Waals surface area (Å²) in [4.78, 5) is 21.0. The summed E-state index contributed by atoms with van der Waals surface area (Å²) in [6, 6.07) is 0. The second kappa shape index (κ2) is 5.77. The topological polar surface area (TPSA) is 78.3 Å². The van der Waals surface area contributed by atoms with Gasteiger partial charge in [-0.15, -0.1) is 0 Å². The fraction of sp³-hybridized carbons (Fsp3) is 0.583. The maximum atomic E-state index is 11.0. The van der Waals surface area contributed by atoms with Gasteiger partial charge in [-0.2, -0.15) is 0 Å². The Labute approximate surface area is 106 Å². The van der Waals surface area contributed by atoms with Gasteiger partial charge in [0.1, 0.15) is 17.7 Å². The van der Waals surface area contributed by atoms with E-state index in [1.165, 1.54) is 18.9 Å². The largest absolute Gasteiger partial charge is 0.477 e. The van der Waals surface area contributed by atoms with Gasteiger partial charge in [0.15, 0.2) is 0 Å². The van der Waals surface area contributed by atoms with Gasteiger partial charge in [0.25, 0.3) is 0 Å². The van der Waals surface area contributed by atoms with Crippen LogP contribution in [0.3, 0.4) is 0 Å². The summed E-state index contributed by atoms with van der Waals surface area (Å²) in [5, 5.41) is 12.1. The highest BCUT2D eigenvalue weighted by atomic mass is 16.4. The first kappa shape index (κ1) is 12.8. The Morgan fingerprint density at radius 2 is 2.50 bits per heavy atom. The van der Waals surface area contributed by atoms with Crippen LogP contribution in [-0.4, -0.2) is 52.6 Å². The SMILES string of the molecule is CN1CCC(CCNc2ncncc2C(=O)O)C1. The minimum atomic E-state index is -1.00. The Hall–Kier alpha value is -1.69. The molecule has 1 aliphatic heterocycles. The molecule has 0 amide bonds. The first-order valence-corrected chi connectivity index (χ1v) is 6.12. The molecule has 1 atom stereocenters. The summed E-state index contributed by atoms with van der Waals surface area (Å²) in [7, 11) is 2.13. The molecule has 6 heteroatoms. The number of anilines is 1. The van der Waals surface area contributed by atoms with Crippen LogP contribution in [0.25, 0.3) is 0 Å². The average Bonchev–Trinajstić information content (AvgIpc) is 2.75. The maximum Gasteiger partial charge on any atom is 0.341 e. The van der Waals surface area contributed by atoms with Crippen molar-refractivity contribution in [2.45, 2.75) is 12.8 Å². The van der Waals surface area contributed by atoms with Crippen molar-refractivity contribution >= 4 is 11.8 Å². The van der Waals surface area contributed by atoms with E-state index >= 15 is 0 Å². The van der Waals surface area contributed by atoms with Crippen molar-refractivity contribution < 1.29 is 9.90 Å². The molecule has 2 heterocycles. The fourth-order valence-electron chi connectivity index (χ4n) is 2.28. The lowest BCUT2D eigenvalue weighted by molar-refractivity contribution is 0.0697. The smallest absolute Gasteiger partial charge is 0.341 e. The first-order valence-electron chi connectivity index (χ1n) is 6.12. The molecule has 0 bridgehead atoms. The molecule has 0 spiro atoms. The molecule has 98 valence electrons. The van der Waals surface area contributed by atoms with E-state index in [4.69, 9.17) is 5.11 Å². The number of carboxylic acids is 1. The predicted octanol–water partition coefficient (Wildman–Crippen LogP) is 0.928. The molecule has 6 nitrogen and oxygen atoms in total. The number of hydrogen-bond donors (Lipinski definition) is 2. The minimum Gasteiger partial charge on any atom is -0.477 e. The molecule has 1 saturated heterocycles. The molecule has 1 fully saturated rings. The van der Waals surface area contributed by atoms with E-state index in [2.05, 4.69) is 27.2 Å². The van der Waals surface area contributed by atoms with Crippen LogP contribution in [-0.2, 0) is 0 Å². The number of carbonyl (C=O) groups is 1. The van der Waals surface area contributed by atoms with Gasteiger partial charge in [0.2, 0.25) is 0 Å². The number of nitrogens with zero attached hydrogens (tertiary/aromatic N) is 3. The van der Waals surface area contributed by atoms with Crippen molar-refractivity contribution in [1.82, 2.24) is 14.9 Å². The van der Waals surface area contributed by atoms with Crippen molar-refractivity contribution in [3.05, 3.63) is 18.1 Å². The van der Waals surface area contributed by atoms with Gasteiger partial charge in [-0.1, -0.05) is 0 Å². The number of carboxylic acid groups (broad SMARTS) is 1. The second-order valence-electron chi connectivity index (χ2n) is 4.72. The van der Waals surface area contributed by atoms with E-state index in [0.29, 0.717) is 11.7 Å². The molecular weight excluding hydrogens is 232 g/mol. The molecule has 0 radical (unpaired) electrons. The molecule has 18 heavy (non-hydrogen) atoms. The van der Waals surface area contributed by atoms with E-state index < -0.39 is 5.97 Å². The lowest BCUT2D eigenvalue weighted by atomic mass is 10.1. The molecular formula is C12H18N4O2. The third-order valence-corrected chi connectivity index (χ3v) is 3.28. The summed E-state index contributed by atoms with van der Waals surface area (Å²) in [6.45, 7) is 3.02. The van der Waals surface area contributed by atoms with Crippen molar-refractivity contribution in [1.29, 1.82) is 0 Å². The normalized spacial score (nSPS) is 19.9. The molecule has 1 aromatic rings.